The topological polar surface area (TPSA) is 55.1 Å². The minimum atomic E-state index is -0.332. The Labute approximate surface area is 107 Å². The van der Waals surface area contributed by atoms with Gasteiger partial charge < -0.3 is 11.1 Å². The summed E-state index contributed by atoms with van der Waals surface area (Å²) in [6.07, 6.45) is 6.65. The van der Waals surface area contributed by atoms with Crippen LogP contribution in [0.5, 0.6) is 0 Å². The standard InChI is InChI=1S/C11H22N2OS2/c1-15-7-5-10(12)11(14)13-8-9-4-2-3-6-16-9/h9-10H,2-8,12H2,1H3,(H,13,14)/t9?,10-/m1/s1. The van der Waals surface area contributed by atoms with Crippen LogP contribution in [0.2, 0.25) is 0 Å². The number of hydrogen-bond donors (Lipinski definition) is 2. The van der Waals surface area contributed by atoms with Gasteiger partial charge in [0.25, 0.3) is 0 Å². The molecular weight excluding hydrogens is 240 g/mol. The molecule has 1 saturated heterocycles. The summed E-state index contributed by atoms with van der Waals surface area (Å²) in [4.78, 5) is 11.6. The van der Waals surface area contributed by atoms with E-state index in [0.717, 1.165) is 18.7 Å². The summed E-state index contributed by atoms with van der Waals surface area (Å²) in [5, 5.41) is 3.57. The lowest BCUT2D eigenvalue weighted by molar-refractivity contribution is -0.122. The molecule has 0 spiro atoms. The highest BCUT2D eigenvalue weighted by Gasteiger charge is 2.17. The van der Waals surface area contributed by atoms with Crippen LogP contribution in [0.3, 0.4) is 0 Å². The molecule has 0 radical (unpaired) electrons. The Balaban J connectivity index is 2.12. The number of nitrogens with two attached hydrogens (primary N) is 1. The molecule has 1 fully saturated rings. The fourth-order valence-electron chi connectivity index (χ4n) is 1.69. The number of thioether (sulfide) groups is 2. The molecule has 1 amide bonds. The SMILES string of the molecule is CSCC[C@@H](N)C(=O)NCC1CCCCS1. The van der Waals surface area contributed by atoms with Gasteiger partial charge in [-0.2, -0.15) is 23.5 Å². The highest BCUT2D eigenvalue weighted by atomic mass is 32.2. The summed E-state index contributed by atoms with van der Waals surface area (Å²) < 4.78 is 0. The third-order valence-electron chi connectivity index (χ3n) is 2.75. The van der Waals surface area contributed by atoms with E-state index in [1.807, 2.05) is 18.0 Å². The van der Waals surface area contributed by atoms with Gasteiger partial charge in [-0.3, -0.25) is 4.79 Å². The van der Waals surface area contributed by atoms with Crippen molar-refractivity contribution in [3.8, 4) is 0 Å². The van der Waals surface area contributed by atoms with Crippen LogP contribution >= 0.6 is 23.5 Å². The number of rotatable bonds is 6. The number of nitrogens with one attached hydrogen (secondary N) is 1. The summed E-state index contributed by atoms with van der Waals surface area (Å²) in [6.45, 7) is 0.788. The van der Waals surface area contributed by atoms with Crippen molar-refractivity contribution in [1.29, 1.82) is 0 Å². The molecule has 0 aromatic carbocycles. The lowest BCUT2D eigenvalue weighted by Gasteiger charge is -2.22. The number of amides is 1. The van der Waals surface area contributed by atoms with Crippen LogP contribution in [0.1, 0.15) is 25.7 Å². The number of hydrogen-bond acceptors (Lipinski definition) is 4. The van der Waals surface area contributed by atoms with E-state index >= 15 is 0 Å². The van der Waals surface area contributed by atoms with Gasteiger partial charge in [-0.05, 0) is 37.0 Å². The van der Waals surface area contributed by atoms with Gasteiger partial charge in [0, 0.05) is 11.8 Å². The molecule has 16 heavy (non-hydrogen) atoms. The van der Waals surface area contributed by atoms with Gasteiger partial charge in [0.05, 0.1) is 6.04 Å². The molecule has 1 rings (SSSR count). The second kappa shape index (κ2) is 8.25. The van der Waals surface area contributed by atoms with Crippen LogP contribution in [-0.2, 0) is 4.79 Å². The van der Waals surface area contributed by atoms with Gasteiger partial charge >= 0.3 is 0 Å². The molecule has 0 bridgehead atoms. The zero-order chi connectivity index (χ0) is 11.8. The Hall–Kier alpha value is 0.130. The molecule has 1 aliphatic heterocycles. The Bertz CT molecular complexity index is 208. The van der Waals surface area contributed by atoms with Crippen molar-refractivity contribution < 1.29 is 4.79 Å². The normalized spacial score (nSPS) is 22.8. The van der Waals surface area contributed by atoms with E-state index < -0.39 is 0 Å². The summed E-state index contributed by atoms with van der Waals surface area (Å²) >= 11 is 3.70. The quantitative estimate of drug-likeness (QED) is 0.761. The van der Waals surface area contributed by atoms with E-state index in [-0.39, 0.29) is 11.9 Å². The van der Waals surface area contributed by atoms with E-state index in [1.54, 1.807) is 11.8 Å². The van der Waals surface area contributed by atoms with Gasteiger partial charge in [-0.15, -0.1) is 0 Å². The van der Waals surface area contributed by atoms with Gasteiger partial charge in [0.2, 0.25) is 5.91 Å². The molecule has 3 nitrogen and oxygen atoms in total. The molecule has 1 heterocycles. The van der Waals surface area contributed by atoms with Crippen molar-refractivity contribution in [2.45, 2.75) is 37.0 Å². The lowest BCUT2D eigenvalue weighted by atomic mass is 10.2. The monoisotopic (exact) mass is 262 g/mol. The number of carbonyl (C=O) groups is 1. The Morgan fingerprint density at radius 1 is 1.62 bits per heavy atom. The molecule has 94 valence electrons. The zero-order valence-corrected chi connectivity index (χ0v) is 11.5. The third kappa shape index (κ3) is 5.46. The first kappa shape index (κ1) is 14.2. The van der Waals surface area contributed by atoms with E-state index in [4.69, 9.17) is 5.73 Å². The maximum Gasteiger partial charge on any atom is 0.236 e. The number of carbonyl (C=O) groups excluding carboxylic acids is 1. The van der Waals surface area contributed by atoms with Crippen LogP contribution in [0.25, 0.3) is 0 Å². The van der Waals surface area contributed by atoms with Crippen LogP contribution in [-0.4, -0.2) is 41.5 Å². The van der Waals surface area contributed by atoms with E-state index in [0.29, 0.717) is 5.25 Å². The van der Waals surface area contributed by atoms with E-state index in [2.05, 4.69) is 5.32 Å². The summed E-state index contributed by atoms with van der Waals surface area (Å²) in [6, 6.07) is -0.332. The van der Waals surface area contributed by atoms with Crippen LogP contribution in [0.4, 0.5) is 0 Å². The second-order valence-corrected chi connectivity index (χ2v) is 6.52. The fourth-order valence-corrected chi connectivity index (χ4v) is 3.42. The molecular formula is C11H22N2OS2. The van der Waals surface area contributed by atoms with Crippen molar-refractivity contribution in [3.63, 3.8) is 0 Å². The van der Waals surface area contributed by atoms with Gasteiger partial charge in [-0.25, -0.2) is 0 Å². The van der Waals surface area contributed by atoms with Crippen molar-refractivity contribution in [2.75, 3.05) is 24.3 Å². The van der Waals surface area contributed by atoms with Crippen molar-refractivity contribution in [3.05, 3.63) is 0 Å². The average Bonchev–Trinajstić information content (AvgIpc) is 2.34. The van der Waals surface area contributed by atoms with Crippen LogP contribution < -0.4 is 11.1 Å². The van der Waals surface area contributed by atoms with Crippen LogP contribution in [0.15, 0.2) is 0 Å². The van der Waals surface area contributed by atoms with Crippen molar-refractivity contribution in [2.24, 2.45) is 5.73 Å². The first-order chi connectivity index (χ1) is 7.74. The third-order valence-corrected chi connectivity index (χ3v) is 4.79. The van der Waals surface area contributed by atoms with Crippen LogP contribution in [0, 0.1) is 0 Å². The highest BCUT2D eigenvalue weighted by Crippen LogP contribution is 2.24. The minimum absolute atomic E-state index is 0.0141. The first-order valence-corrected chi connectivity index (χ1v) is 8.32. The molecule has 1 aliphatic rings. The smallest absolute Gasteiger partial charge is 0.236 e. The van der Waals surface area contributed by atoms with E-state index in [1.165, 1.54) is 25.0 Å². The average molecular weight is 262 g/mol. The maximum atomic E-state index is 11.6. The minimum Gasteiger partial charge on any atom is -0.354 e. The predicted molar refractivity (Wildman–Crippen MR) is 74.1 cm³/mol. The molecule has 0 aliphatic carbocycles. The molecule has 1 unspecified atom stereocenters. The molecule has 0 aromatic rings. The van der Waals surface area contributed by atoms with Gasteiger partial charge in [0.1, 0.15) is 0 Å². The summed E-state index contributed by atoms with van der Waals surface area (Å²) in [5.74, 6) is 2.20. The Kier molecular flexibility index (Phi) is 7.32. The lowest BCUT2D eigenvalue weighted by Crippen LogP contribution is -2.43. The van der Waals surface area contributed by atoms with Gasteiger partial charge in [0.15, 0.2) is 0 Å². The molecule has 2 atom stereocenters. The molecule has 0 saturated carbocycles. The molecule has 3 N–H and O–H groups in total. The summed E-state index contributed by atoms with van der Waals surface area (Å²) in [5.41, 5.74) is 5.79. The molecule has 5 heteroatoms. The highest BCUT2D eigenvalue weighted by molar-refractivity contribution is 8.00. The Morgan fingerprint density at radius 2 is 2.44 bits per heavy atom. The van der Waals surface area contributed by atoms with E-state index in [9.17, 15) is 4.79 Å². The maximum absolute atomic E-state index is 11.6. The summed E-state index contributed by atoms with van der Waals surface area (Å²) in [7, 11) is 0. The van der Waals surface area contributed by atoms with Gasteiger partial charge in [-0.1, -0.05) is 6.42 Å². The van der Waals surface area contributed by atoms with Crippen molar-refractivity contribution in [1.82, 2.24) is 5.32 Å². The first-order valence-electron chi connectivity index (χ1n) is 5.88. The fraction of sp³-hybridized carbons (Fsp3) is 0.909. The predicted octanol–water partition coefficient (Wildman–Crippen LogP) is 1.47. The second-order valence-electron chi connectivity index (χ2n) is 4.12. The van der Waals surface area contributed by atoms with Crippen molar-refractivity contribution >= 4 is 29.4 Å². The Morgan fingerprint density at radius 3 is 3.06 bits per heavy atom. The molecule has 0 aromatic heterocycles. The largest absolute Gasteiger partial charge is 0.354 e. The zero-order valence-electron chi connectivity index (χ0n) is 9.91.